The summed E-state index contributed by atoms with van der Waals surface area (Å²) in [5, 5.41) is 8.07. The molecule has 0 aliphatic carbocycles. The molecule has 0 fully saturated rings. The molecule has 0 spiro atoms. The molecule has 0 amide bonds. The number of rotatable bonds is 5. The Balaban J connectivity index is 2.98. The Labute approximate surface area is 61.6 Å². The molecule has 60 valence electrons. The number of hydrogen-bond acceptors (Lipinski definition) is 2. The summed E-state index contributed by atoms with van der Waals surface area (Å²) in [5.41, 5.74) is 0. The van der Waals surface area contributed by atoms with E-state index in [2.05, 4.69) is 0 Å². The smallest absolute Gasteiger partial charge is 0.313 e. The Morgan fingerprint density at radius 3 is 2.60 bits per heavy atom. The second kappa shape index (κ2) is 5.46. The zero-order chi connectivity index (χ0) is 7.98. The molecule has 0 aliphatic heterocycles. The molecule has 0 aromatic heterocycles. The molecule has 1 N–H and O–H groups in total. The molecule has 5 heteroatoms. The lowest BCUT2D eigenvalue weighted by atomic mass is 10.5. The van der Waals surface area contributed by atoms with Gasteiger partial charge in [-0.05, 0) is 5.75 Å². The van der Waals surface area contributed by atoms with Gasteiger partial charge in [0, 0.05) is 6.42 Å². The standard InChI is InChI=1S/C5H8F2O2S/c6-4(7)1-2-10-3-5(8)9/h4H,1-3H2,(H,8,9). The molecule has 0 aliphatic rings. The van der Waals surface area contributed by atoms with Gasteiger partial charge < -0.3 is 5.11 Å². The van der Waals surface area contributed by atoms with Crippen LogP contribution >= 0.6 is 11.8 Å². The second-order valence-corrected chi connectivity index (χ2v) is 2.73. The Morgan fingerprint density at radius 2 is 2.20 bits per heavy atom. The van der Waals surface area contributed by atoms with Gasteiger partial charge in [0.15, 0.2) is 0 Å². The molecule has 0 heterocycles. The van der Waals surface area contributed by atoms with Crippen molar-refractivity contribution < 1.29 is 18.7 Å². The highest BCUT2D eigenvalue weighted by Crippen LogP contribution is 2.07. The molecule has 0 aromatic carbocycles. The minimum atomic E-state index is -2.32. The van der Waals surface area contributed by atoms with E-state index in [0.717, 1.165) is 11.8 Å². The van der Waals surface area contributed by atoms with Crippen LogP contribution in [0.25, 0.3) is 0 Å². The Kier molecular flexibility index (Phi) is 5.29. The number of halogens is 2. The van der Waals surface area contributed by atoms with Crippen LogP contribution < -0.4 is 0 Å². The molecule has 10 heavy (non-hydrogen) atoms. The molecule has 0 saturated heterocycles. The Bertz CT molecular complexity index is 108. The first-order valence-electron chi connectivity index (χ1n) is 2.70. The maximum Gasteiger partial charge on any atom is 0.313 e. The first-order valence-corrected chi connectivity index (χ1v) is 3.86. The third kappa shape index (κ3) is 7.68. The third-order valence-electron chi connectivity index (χ3n) is 0.706. The maximum absolute atomic E-state index is 11.4. The van der Waals surface area contributed by atoms with E-state index in [9.17, 15) is 13.6 Å². The van der Waals surface area contributed by atoms with Crippen molar-refractivity contribution >= 4 is 17.7 Å². The number of carboxylic acids is 1. The van der Waals surface area contributed by atoms with Gasteiger partial charge in [0.25, 0.3) is 0 Å². The monoisotopic (exact) mass is 170 g/mol. The van der Waals surface area contributed by atoms with E-state index in [-0.39, 0.29) is 17.9 Å². The summed E-state index contributed by atoms with van der Waals surface area (Å²) in [4.78, 5) is 9.84. The highest BCUT2D eigenvalue weighted by molar-refractivity contribution is 7.99. The fourth-order valence-electron chi connectivity index (χ4n) is 0.332. The average molecular weight is 170 g/mol. The highest BCUT2D eigenvalue weighted by Gasteiger charge is 2.02. The van der Waals surface area contributed by atoms with Crippen molar-refractivity contribution in [2.24, 2.45) is 0 Å². The number of carbonyl (C=O) groups is 1. The number of aliphatic carboxylic acids is 1. The van der Waals surface area contributed by atoms with E-state index < -0.39 is 12.4 Å². The van der Waals surface area contributed by atoms with Crippen LogP contribution in [0.15, 0.2) is 0 Å². The van der Waals surface area contributed by atoms with E-state index in [4.69, 9.17) is 5.11 Å². The summed E-state index contributed by atoms with van der Waals surface area (Å²) in [6.07, 6.45) is -2.54. The van der Waals surface area contributed by atoms with E-state index in [0.29, 0.717) is 0 Å². The fraction of sp³-hybridized carbons (Fsp3) is 0.800. The van der Waals surface area contributed by atoms with Gasteiger partial charge in [0.2, 0.25) is 6.43 Å². The summed E-state index contributed by atoms with van der Waals surface area (Å²) in [6.45, 7) is 0. The lowest BCUT2D eigenvalue weighted by Gasteiger charge is -1.96. The van der Waals surface area contributed by atoms with Crippen LogP contribution in [-0.2, 0) is 4.79 Å². The highest BCUT2D eigenvalue weighted by atomic mass is 32.2. The molecule has 0 atom stereocenters. The van der Waals surface area contributed by atoms with Gasteiger partial charge in [0.1, 0.15) is 0 Å². The van der Waals surface area contributed by atoms with Crippen molar-refractivity contribution in [3.8, 4) is 0 Å². The topological polar surface area (TPSA) is 37.3 Å². The summed E-state index contributed by atoms with van der Waals surface area (Å²) >= 11 is 1.01. The zero-order valence-corrected chi connectivity index (χ0v) is 6.03. The lowest BCUT2D eigenvalue weighted by Crippen LogP contribution is -2.00. The SMILES string of the molecule is O=C(O)CSCCC(F)F. The van der Waals surface area contributed by atoms with Crippen LogP contribution in [0.2, 0.25) is 0 Å². The van der Waals surface area contributed by atoms with Crippen molar-refractivity contribution in [3.63, 3.8) is 0 Å². The van der Waals surface area contributed by atoms with Crippen LogP contribution in [0.1, 0.15) is 6.42 Å². The molecule has 0 bridgehead atoms. The van der Waals surface area contributed by atoms with Crippen molar-refractivity contribution in [2.45, 2.75) is 12.8 Å². The first kappa shape index (κ1) is 9.68. The second-order valence-electron chi connectivity index (χ2n) is 1.63. The number of alkyl halides is 2. The summed E-state index contributed by atoms with van der Waals surface area (Å²) < 4.78 is 22.8. The van der Waals surface area contributed by atoms with Gasteiger partial charge in [-0.25, -0.2) is 8.78 Å². The van der Waals surface area contributed by atoms with Crippen LogP contribution in [0.5, 0.6) is 0 Å². The van der Waals surface area contributed by atoms with E-state index >= 15 is 0 Å². The molecule has 0 saturated carbocycles. The normalized spacial score (nSPS) is 10.3. The summed E-state index contributed by atoms with van der Waals surface area (Å²) in [7, 11) is 0. The van der Waals surface area contributed by atoms with Crippen molar-refractivity contribution in [1.82, 2.24) is 0 Å². The first-order chi connectivity index (χ1) is 4.63. The van der Waals surface area contributed by atoms with E-state index in [1.807, 2.05) is 0 Å². The van der Waals surface area contributed by atoms with Crippen LogP contribution in [0.3, 0.4) is 0 Å². The lowest BCUT2D eigenvalue weighted by molar-refractivity contribution is -0.133. The van der Waals surface area contributed by atoms with Gasteiger partial charge in [0.05, 0.1) is 5.75 Å². The molecule has 0 unspecified atom stereocenters. The van der Waals surface area contributed by atoms with Crippen molar-refractivity contribution in [2.75, 3.05) is 11.5 Å². The molecular formula is C5H8F2O2S. The maximum atomic E-state index is 11.4. The average Bonchev–Trinajstić information content (AvgIpc) is 1.79. The molecule has 2 nitrogen and oxygen atoms in total. The third-order valence-corrected chi connectivity index (χ3v) is 1.68. The molecule has 0 aromatic rings. The molecular weight excluding hydrogens is 162 g/mol. The van der Waals surface area contributed by atoms with Gasteiger partial charge in [-0.1, -0.05) is 0 Å². The van der Waals surface area contributed by atoms with Gasteiger partial charge in [-0.2, -0.15) is 0 Å². The summed E-state index contributed by atoms with van der Waals surface area (Å²) in [5.74, 6) is -0.837. The zero-order valence-electron chi connectivity index (χ0n) is 5.22. The molecule has 0 radical (unpaired) electrons. The van der Waals surface area contributed by atoms with E-state index in [1.54, 1.807) is 0 Å². The number of thioether (sulfide) groups is 1. The largest absolute Gasteiger partial charge is 0.481 e. The minimum absolute atomic E-state index is 0.0906. The minimum Gasteiger partial charge on any atom is -0.481 e. The number of hydrogen-bond donors (Lipinski definition) is 1. The van der Waals surface area contributed by atoms with Crippen molar-refractivity contribution in [3.05, 3.63) is 0 Å². The van der Waals surface area contributed by atoms with Gasteiger partial charge in [-0.15, -0.1) is 11.8 Å². The predicted octanol–water partition coefficient (Wildman–Crippen LogP) is 1.46. The van der Waals surface area contributed by atoms with Crippen LogP contribution in [0, 0.1) is 0 Å². The van der Waals surface area contributed by atoms with Crippen LogP contribution in [0.4, 0.5) is 8.78 Å². The van der Waals surface area contributed by atoms with E-state index in [1.165, 1.54) is 0 Å². The van der Waals surface area contributed by atoms with Crippen LogP contribution in [-0.4, -0.2) is 29.0 Å². The van der Waals surface area contributed by atoms with Crippen molar-refractivity contribution in [1.29, 1.82) is 0 Å². The summed E-state index contributed by atoms with van der Waals surface area (Å²) in [6, 6.07) is 0. The van der Waals surface area contributed by atoms with Gasteiger partial charge in [-0.3, -0.25) is 4.79 Å². The van der Waals surface area contributed by atoms with Gasteiger partial charge >= 0.3 is 5.97 Å². The quantitative estimate of drug-likeness (QED) is 0.634. The molecule has 0 rings (SSSR count). The fourth-order valence-corrected chi connectivity index (χ4v) is 0.996. The Morgan fingerprint density at radius 1 is 1.60 bits per heavy atom. The number of carboxylic acid groups (broad SMARTS) is 1. The Hall–Kier alpha value is -0.320. The predicted molar refractivity (Wildman–Crippen MR) is 35.6 cm³/mol.